The zero-order valence-corrected chi connectivity index (χ0v) is 21.6. The monoisotopic (exact) mass is 513 g/mol. The van der Waals surface area contributed by atoms with Gasteiger partial charge in [0.25, 0.3) is 0 Å². The highest BCUT2D eigenvalue weighted by molar-refractivity contribution is 7.99. The number of halogens is 1. The molecular weight excluding hydrogens is 490 g/mol. The Morgan fingerprint density at radius 1 is 1.15 bits per heavy atom. The summed E-state index contributed by atoms with van der Waals surface area (Å²) in [6.45, 7) is 6.35. The van der Waals surface area contributed by atoms with E-state index in [0.717, 1.165) is 16.8 Å². The molecule has 1 N–H and O–H groups in total. The van der Waals surface area contributed by atoms with Crippen molar-refractivity contribution in [3.8, 4) is 17.0 Å². The summed E-state index contributed by atoms with van der Waals surface area (Å²) in [5.41, 5.74) is 5.39. The summed E-state index contributed by atoms with van der Waals surface area (Å²) in [5.74, 6) is 1.27. The largest absolute Gasteiger partial charge is 0.484 e. The maximum atomic E-state index is 12.5. The summed E-state index contributed by atoms with van der Waals surface area (Å²) >= 11 is 8.89. The van der Waals surface area contributed by atoms with Gasteiger partial charge in [0.15, 0.2) is 16.1 Å². The second-order valence-corrected chi connectivity index (χ2v) is 10.1. The van der Waals surface area contributed by atoms with Crippen molar-refractivity contribution in [2.24, 2.45) is 7.05 Å². The molecule has 0 saturated heterocycles. The van der Waals surface area contributed by atoms with Crippen LogP contribution in [0.4, 0.5) is 5.13 Å². The summed E-state index contributed by atoms with van der Waals surface area (Å²) < 4.78 is 7.61. The van der Waals surface area contributed by atoms with Crippen molar-refractivity contribution >= 4 is 45.7 Å². The third-order valence-electron chi connectivity index (χ3n) is 5.25. The van der Waals surface area contributed by atoms with E-state index < -0.39 is 0 Å². The number of anilines is 1. The summed E-state index contributed by atoms with van der Waals surface area (Å²) in [6.07, 6.45) is 0. The molecule has 0 fully saturated rings. The molecule has 0 atom stereocenters. The maximum Gasteiger partial charge on any atom is 0.236 e. The van der Waals surface area contributed by atoms with Gasteiger partial charge < -0.3 is 14.6 Å². The molecule has 0 aliphatic rings. The Kier molecular flexibility index (Phi) is 7.55. The predicted molar refractivity (Wildman–Crippen MR) is 138 cm³/mol. The lowest BCUT2D eigenvalue weighted by atomic mass is 10.1. The normalized spacial score (nSPS) is 11.0. The number of benzene rings is 2. The number of aromatic nitrogens is 4. The van der Waals surface area contributed by atoms with Crippen molar-refractivity contribution in [2.75, 3.05) is 11.1 Å². The number of carbonyl (C=O) groups is 1. The summed E-state index contributed by atoms with van der Waals surface area (Å²) in [6, 6.07) is 11.8. The van der Waals surface area contributed by atoms with Gasteiger partial charge in [-0.2, -0.15) is 0 Å². The molecule has 2 aromatic carbocycles. The molecule has 0 radical (unpaired) electrons. The first-order chi connectivity index (χ1) is 16.3. The van der Waals surface area contributed by atoms with Gasteiger partial charge in [-0.1, -0.05) is 41.6 Å². The maximum absolute atomic E-state index is 12.5. The fraction of sp³-hybridized carbons (Fsp3) is 0.250. The molecule has 7 nitrogen and oxygen atoms in total. The lowest BCUT2D eigenvalue weighted by Crippen LogP contribution is -2.14. The first-order valence-corrected chi connectivity index (χ1v) is 12.8. The van der Waals surface area contributed by atoms with Crippen LogP contribution in [0.15, 0.2) is 46.9 Å². The van der Waals surface area contributed by atoms with Gasteiger partial charge in [-0.05, 0) is 55.7 Å². The number of ether oxygens (including phenoxy) is 1. The first-order valence-electron chi connectivity index (χ1n) is 10.5. The average Bonchev–Trinajstić information content (AvgIpc) is 3.41. The highest BCUT2D eigenvalue weighted by Gasteiger charge is 2.14. The molecule has 4 aromatic rings. The van der Waals surface area contributed by atoms with Crippen molar-refractivity contribution in [1.29, 1.82) is 0 Å². The number of carbonyl (C=O) groups excluding carboxylic acids is 1. The number of thiazole rings is 1. The number of hydrogen-bond donors (Lipinski definition) is 1. The molecule has 2 heterocycles. The van der Waals surface area contributed by atoms with Crippen LogP contribution in [0.5, 0.6) is 5.75 Å². The van der Waals surface area contributed by atoms with Crippen LogP contribution < -0.4 is 10.1 Å². The number of aryl methyl sites for hydroxylation is 3. The van der Waals surface area contributed by atoms with Gasteiger partial charge in [-0.3, -0.25) is 4.79 Å². The van der Waals surface area contributed by atoms with Gasteiger partial charge in [0.05, 0.1) is 16.5 Å². The van der Waals surface area contributed by atoms with Crippen LogP contribution in [0.25, 0.3) is 11.3 Å². The minimum Gasteiger partial charge on any atom is -0.484 e. The van der Waals surface area contributed by atoms with Crippen molar-refractivity contribution in [1.82, 2.24) is 19.7 Å². The molecule has 0 aliphatic carbocycles. The van der Waals surface area contributed by atoms with Gasteiger partial charge in [-0.15, -0.1) is 21.5 Å². The molecule has 4 rings (SSSR count). The predicted octanol–water partition coefficient (Wildman–Crippen LogP) is 5.83. The molecule has 1 amide bonds. The Bertz CT molecular complexity index is 1330. The van der Waals surface area contributed by atoms with Crippen molar-refractivity contribution in [3.05, 3.63) is 69.3 Å². The van der Waals surface area contributed by atoms with E-state index in [1.54, 1.807) is 6.07 Å². The molecule has 2 aromatic heterocycles. The highest BCUT2D eigenvalue weighted by atomic mass is 35.5. The van der Waals surface area contributed by atoms with Crippen molar-refractivity contribution < 1.29 is 9.53 Å². The fourth-order valence-corrected chi connectivity index (χ4v) is 4.75. The van der Waals surface area contributed by atoms with E-state index in [2.05, 4.69) is 46.5 Å². The first kappa shape index (κ1) is 24.3. The van der Waals surface area contributed by atoms with Crippen molar-refractivity contribution in [3.63, 3.8) is 0 Å². The highest BCUT2D eigenvalue weighted by Crippen LogP contribution is 2.28. The van der Waals surface area contributed by atoms with E-state index in [9.17, 15) is 4.79 Å². The lowest BCUT2D eigenvalue weighted by Gasteiger charge is -2.09. The molecule has 34 heavy (non-hydrogen) atoms. The average molecular weight is 514 g/mol. The number of nitrogens with one attached hydrogen (secondary N) is 1. The zero-order chi connectivity index (χ0) is 24.2. The van der Waals surface area contributed by atoms with E-state index >= 15 is 0 Å². The van der Waals surface area contributed by atoms with Gasteiger partial charge in [0, 0.05) is 18.0 Å². The quantitative estimate of drug-likeness (QED) is 0.299. The minimum absolute atomic E-state index is 0.154. The van der Waals surface area contributed by atoms with E-state index in [4.69, 9.17) is 16.3 Å². The molecule has 0 bridgehead atoms. The molecule has 176 valence electrons. The lowest BCUT2D eigenvalue weighted by molar-refractivity contribution is -0.113. The molecule has 0 saturated carbocycles. The third-order valence-corrected chi connectivity index (χ3v) is 7.34. The SMILES string of the molecule is Cc1ccc(Cl)c(OCc2nnc(SCC(=O)Nc3nc(-c4ccc(C)c(C)c4)cs3)n2C)c1. The van der Waals surface area contributed by atoms with Crippen LogP contribution in [0.3, 0.4) is 0 Å². The van der Waals surface area contributed by atoms with Gasteiger partial charge in [0.1, 0.15) is 12.4 Å². The van der Waals surface area contributed by atoms with Crippen LogP contribution in [-0.2, 0) is 18.4 Å². The van der Waals surface area contributed by atoms with E-state index in [1.807, 2.05) is 42.1 Å². The summed E-state index contributed by atoms with van der Waals surface area (Å²) in [7, 11) is 1.84. The number of rotatable bonds is 8. The van der Waals surface area contributed by atoms with E-state index in [1.165, 1.54) is 34.2 Å². The van der Waals surface area contributed by atoms with Gasteiger partial charge >= 0.3 is 0 Å². The van der Waals surface area contributed by atoms with E-state index in [0.29, 0.717) is 26.9 Å². The summed E-state index contributed by atoms with van der Waals surface area (Å²) in [4.78, 5) is 17.0. The van der Waals surface area contributed by atoms with Crippen LogP contribution in [0.1, 0.15) is 22.5 Å². The zero-order valence-electron chi connectivity index (χ0n) is 19.3. The Morgan fingerprint density at radius 2 is 1.97 bits per heavy atom. The van der Waals surface area contributed by atoms with Crippen LogP contribution in [0, 0.1) is 20.8 Å². The number of amides is 1. The van der Waals surface area contributed by atoms with Gasteiger partial charge in [-0.25, -0.2) is 4.98 Å². The Labute approximate surface area is 211 Å². The van der Waals surface area contributed by atoms with Crippen LogP contribution in [-0.4, -0.2) is 31.4 Å². The minimum atomic E-state index is -0.154. The summed E-state index contributed by atoms with van der Waals surface area (Å²) in [5, 5.41) is 14.9. The molecule has 0 unspecified atom stereocenters. The third kappa shape index (κ3) is 5.78. The van der Waals surface area contributed by atoms with E-state index in [-0.39, 0.29) is 18.3 Å². The second-order valence-electron chi connectivity index (χ2n) is 7.85. The number of thioether (sulfide) groups is 1. The molecule has 0 spiro atoms. The van der Waals surface area contributed by atoms with Crippen molar-refractivity contribution in [2.45, 2.75) is 32.5 Å². The van der Waals surface area contributed by atoms with Crippen LogP contribution >= 0.6 is 34.7 Å². The Hall–Kier alpha value is -2.88. The van der Waals surface area contributed by atoms with Gasteiger partial charge in [0.2, 0.25) is 5.91 Å². The molecular formula is C24H24ClN5O2S2. The second kappa shape index (κ2) is 10.6. The Balaban J connectivity index is 1.31. The smallest absolute Gasteiger partial charge is 0.236 e. The molecule has 0 aliphatic heterocycles. The topological polar surface area (TPSA) is 81.9 Å². The van der Waals surface area contributed by atoms with Crippen LogP contribution in [0.2, 0.25) is 5.02 Å². The number of hydrogen-bond acceptors (Lipinski definition) is 7. The molecule has 10 heteroatoms. The number of nitrogens with zero attached hydrogens (tertiary/aromatic N) is 4. The standard InChI is InChI=1S/C24H24ClN5O2S2/c1-14-5-8-18(25)20(9-14)32-11-21-28-29-24(30(21)4)34-13-22(31)27-23-26-19(12-33-23)17-7-6-15(2)16(3)10-17/h5-10,12H,11,13H2,1-4H3,(H,26,27,31). The Morgan fingerprint density at radius 3 is 2.76 bits per heavy atom. The fourth-order valence-electron chi connectivity index (χ4n) is 3.11.